The van der Waals surface area contributed by atoms with Gasteiger partial charge in [0.05, 0.1) is 18.7 Å². The molecule has 3 aromatic rings. The normalized spacial score (nSPS) is 10.3. The Kier molecular flexibility index (Phi) is 4.26. The van der Waals surface area contributed by atoms with Crippen LogP contribution in [0.1, 0.15) is 11.1 Å². The van der Waals surface area contributed by atoms with Gasteiger partial charge >= 0.3 is 0 Å². The molecule has 3 rings (SSSR count). The molecular weight excluding hydrogens is 312 g/mol. The first-order chi connectivity index (χ1) is 11.2. The van der Waals surface area contributed by atoms with E-state index in [0.29, 0.717) is 23.3 Å². The maximum absolute atomic E-state index is 9.00. The molecular formula is C17H13ClN4O. The molecule has 114 valence electrons. The molecule has 0 saturated heterocycles. The summed E-state index contributed by atoms with van der Waals surface area (Å²) in [4.78, 5) is 0. The Balaban J connectivity index is 1.88. The second-order valence-corrected chi connectivity index (χ2v) is 5.27. The smallest absolute Gasteiger partial charge is 0.159 e. The van der Waals surface area contributed by atoms with Crippen LogP contribution in [0.3, 0.4) is 0 Å². The summed E-state index contributed by atoms with van der Waals surface area (Å²) < 4.78 is 5.14. The number of nitrogens with one attached hydrogen (secondary N) is 1. The van der Waals surface area contributed by atoms with E-state index >= 15 is 0 Å². The van der Waals surface area contributed by atoms with Crippen molar-refractivity contribution in [2.24, 2.45) is 0 Å². The molecule has 0 aliphatic carbocycles. The predicted octanol–water partition coefficient (Wildman–Crippen LogP) is 3.78. The van der Waals surface area contributed by atoms with Crippen molar-refractivity contribution in [1.29, 1.82) is 5.26 Å². The van der Waals surface area contributed by atoms with E-state index in [2.05, 4.69) is 21.6 Å². The second kappa shape index (κ2) is 6.51. The number of fused-ring (bicyclic) bond motifs is 1. The highest BCUT2D eigenvalue weighted by Crippen LogP contribution is 2.27. The van der Waals surface area contributed by atoms with Crippen LogP contribution in [-0.2, 0) is 6.54 Å². The van der Waals surface area contributed by atoms with Crippen LogP contribution in [0.5, 0.6) is 5.75 Å². The van der Waals surface area contributed by atoms with Crippen molar-refractivity contribution in [2.45, 2.75) is 6.54 Å². The second-order valence-electron chi connectivity index (χ2n) is 4.91. The fraction of sp³-hybridized carbons (Fsp3) is 0.118. The van der Waals surface area contributed by atoms with Gasteiger partial charge in [-0.2, -0.15) is 5.26 Å². The Bertz CT molecular complexity index is 887. The van der Waals surface area contributed by atoms with Gasteiger partial charge in [0, 0.05) is 17.3 Å². The minimum atomic E-state index is 0.284. The summed E-state index contributed by atoms with van der Waals surface area (Å²) >= 11 is 6.08. The van der Waals surface area contributed by atoms with Gasteiger partial charge in [-0.3, -0.25) is 0 Å². The molecule has 1 aromatic heterocycles. The van der Waals surface area contributed by atoms with Gasteiger partial charge in [-0.15, -0.1) is 10.2 Å². The van der Waals surface area contributed by atoms with E-state index in [4.69, 9.17) is 21.6 Å². The quantitative estimate of drug-likeness (QED) is 0.791. The Labute approximate surface area is 138 Å². The highest BCUT2D eigenvalue weighted by atomic mass is 35.5. The van der Waals surface area contributed by atoms with Gasteiger partial charge in [-0.1, -0.05) is 23.7 Å². The van der Waals surface area contributed by atoms with E-state index in [-0.39, 0.29) is 5.15 Å². The number of hydrogen-bond donors (Lipinski definition) is 1. The molecule has 2 aromatic carbocycles. The van der Waals surface area contributed by atoms with Crippen molar-refractivity contribution in [2.75, 3.05) is 12.4 Å². The lowest BCUT2D eigenvalue weighted by Crippen LogP contribution is -2.03. The summed E-state index contributed by atoms with van der Waals surface area (Å²) in [6.45, 7) is 0.593. The number of nitrogens with zero attached hydrogens (tertiary/aromatic N) is 3. The van der Waals surface area contributed by atoms with Gasteiger partial charge in [0.25, 0.3) is 0 Å². The Morgan fingerprint density at radius 2 is 1.91 bits per heavy atom. The van der Waals surface area contributed by atoms with Gasteiger partial charge < -0.3 is 10.1 Å². The maximum Gasteiger partial charge on any atom is 0.159 e. The van der Waals surface area contributed by atoms with Crippen molar-refractivity contribution >= 4 is 28.2 Å². The molecule has 0 aliphatic rings. The fourth-order valence-corrected chi connectivity index (χ4v) is 2.45. The van der Waals surface area contributed by atoms with Gasteiger partial charge in [0.2, 0.25) is 0 Å². The molecule has 23 heavy (non-hydrogen) atoms. The summed E-state index contributed by atoms with van der Waals surface area (Å²) in [5.41, 5.74) is 1.62. The molecule has 0 fully saturated rings. The highest BCUT2D eigenvalue weighted by molar-refractivity contribution is 6.34. The van der Waals surface area contributed by atoms with Crippen LogP contribution in [-0.4, -0.2) is 17.3 Å². The van der Waals surface area contributed by atoms with Gasteiger partial charge in [-0.05, 0) is 35.9 Å². The van der Waals surface area contributed by atoms with Crippen molar-refractivity contribution < 1.29 is 4.74 Å². The number of hydrogen-bond acceptors (Lipinski definition) is 5. The molecule has 6 heteroatoms. The lowest BCUT2D eigenvalue weighted by atomic mass is 10.1. The third-order valence-corrected chi connectivity index (χ3v) is 3.76. The molecule has 0 aliphatic heterocycles. The Hall–Kier alpha value is -2.84. The predicted molar refractivity (Wildman–Crippen MR) is 89.6 cm³/mol. The minimum Gasteiger partial charge on any atom is -0.497 e. The molecule has 0 radical (unpaired) electrons. The fourth-order valence-electron chi connectivity index (χ4n) is 2.25. The molecule has 0 unspecified atom stereocenters. The van der Waals surface area contributed by atoms with E-state index < -0.39 is 0 Å². The van der Waals surface area contributed by atoms with Gasteiger partial charge in [0.15, 0.2) is 11.0 Å². The third kappa shape index (κ3) is 3.17. The molecule has 0 atom stereocenters. The summed E-state index contributed by atoms with van der Waals surface area (Å²) in [7, 11) is 1.64. The zero-order valence-electron chi connectivity index (χ0n) is 12.4. The Morgan fingerprint density at radius 3 is 2.61 bits per heavy atom. The van der Waals surface area contributed by atoms with Crippen molar-refractivity contribution in [3.05, 3.63) is 58.7 Å². The van der Waals surface area contributed by atoms with Crippen LogP contribution in [0, 0.1) is 11.3 Å². The number of rotatable bonds is 4. The van der Waals surface area contributed by atoms with Crippen molar-refractivity contribution in [3.8, 4) is 11.8 Å². The Morgan fingerprint density at radius 1 is 1.13 bits per heavy atom. The molecule has 0 spiro atoms. The summed E-state index contributed by atoms with van der Waals surface area (Å²) in [6, 6.07) is 15.1. The zero-order valence-corrected chi connectivity index (χ0v) is 13.1. The number of methoxy groups -OCH3 is 1. The third-order valence-electron chi connectivity index (χ3n) is 3.48. The van der Waals surface area contributed by atoms with Crippen molar-refractivity contribution in [1.82, 2.24) is 10.2 Å². The van der Waals surface area contributed by atoms with E-state index in [1.165, 1.54) is 0 Å². The first-order valence-corrected chi connectivity index (χ1v) is 7.32. The molecule has 0 bridgehead atoms. The average molecular weight is 325 g/mol. The van der Waals surface area contributed by atoms with Crippen LogP contribution < -0.4 is 10.1 Å². The van der Waals surface area contributed by atoms with Gasteiger partial charge in [-0.25, -0.2) is 0 Å². The number of benzene rings is 2. The van der Waals surface area contributed by atoms with Crippen LogP contribution in [0.4, 0.5) is 5.82 Å². The summed E-state index contributed by atoms with van der Waals surface area (Å²) in [5.74, 6) is 1.44. The topological polar surface area (TPSA) is 70.8 Å². The lowest BCUT2D eigenvalue weighted by Gasteiger charge is -2.09. The van der Waals surface area contributed by atoms with Crippen LogP contribution in [0.2, 0.25) is 5.15 Å². The van der Waals surface area contributed by atoms with E-state index in [0.717, 1.165) is 16.7 Å². The lowest BCUT2D eigenvalue weighted by molar-refractivity contribution is 0.414. The number of aromatic nitrogens is 2. The van der Waals surface area contributed by atoms with Gasteiger partial charge in [0.1, 0.15) is 5.75 Å². The number of nitriles is 1. The SMILES string of the molecule is COc1ccc(CNc2nnc(Cl)c3cc(C#N)ccc23)cc1. The zero-order chi connectivity index (χ0) is 16.2. The molecule has 5 nitrogen and oxygen atoms in total. The van der Waals surface area contributed by atoms with Crippen LogP contribution in [0.15, 0.2) is 42.5 Å². The molecule has 0 saturated carbocycles. The maximum atomic E-state index is 9.00. The average Bonchev–Trinajstić information content (AvgIpc) is 2.61. The molecule has 1 heterocycles. The largest absolute Gasteiger partial charge is 0.497 e. The van der Waals surface area contributed by atoms with E-state index in [9.17, 15) is 0 Å². The summed E-state index contributed by atoms with van der Waals surface area (Å²) in [6.07, 6.45) is 0. The van der Waals surface area contributed by atoms with E-state index in [1.807, 2.05) is 30.3 Å². The van der Waals surface area contributed by atoms with Crippen LogP contribution in [0.25, 0.3) is 10.8 Å². The monoisotopic (exact) mass is 324 g/mol. The minimum absolute atomic E-state index is 0.284. The molecule has 0 amide bonds. The van der Waals surface area contributed by atoms with Crippen molar-refractivity contribution in [3.63, 3.8) is 0 Å². The first-order valence-electron chi connectivity index (χ1n) is 6.94. The first kappa shape index (κ1) is 15.1. The number of halogens is 1. The molecule has 1 N–H and O–H groups in total. The standard InChI is InChI=1S/C17H13ClN4O/c1-23-13-5-2-11(3-6-13)10-20-17-14-7-4-12(9-19)8-15(14)16(18)21-22-17/h2-8H,10H2,1H3,(H,20,22). The van der Waals surface area contributed by atoms with Crippen LogP contribution >= 0.6 is 11.6 Å². The van der Waals surface area contributed by atoms with E-state index in [1.54, 1.807) is 19.2 Å². The number of anilines is 1. The number of ether oxygens (including phenoxy) is 1. The highest BCUT2D eigenvalue weighted by Gasteiger charge is 2.09. The summed E-state index contributed by atoms with van der Waals surface area (Å²) in [5, 5.41) is 22.1.